The van der Waals surface area contributed by atoms with Crippen LogP contribution in [0, 0.1) is 13.8 Å². The lowest BCUT2D eigenvalue weighted by atomic mass is 10.0. The summed E-state index contributed by atoms with van der Waals surface area (Å²) in [5, 5.41) is 0. The van der Waals surface area contributed by atoms with Crippen LogP contribution in [0.4, 0.5) is 4.39 Å². The van der Waals surface area contributed by atoms with Gasteiger partial charge in [-0.2, -0.15) is 0 Å². The van der Waals surface area contributed by atoms with Crippen molar-refractivity contribution in [3.05, 3.63) is 64.5 Å². The number of ketones is 1. The highest BCUT2D eigenvalue weighted by molar-refractivity contribution is 7.98. The number of carbonyl (C=O) groups excluding carboxylic acids is 2. The second-order valence-corrected chi connectivity index (χ2v) is 9.21. The fraction of sp³-hybridized carbons (Fsp3) is 0.360. The van der Waals surface area contributed by atoms with Gasteiger partial charge in [0.25, 0.3) is 0 Å². The van der Waals surface area contributed by atoms with Crippen LogP contribution in [0.3, 0.4) is 0 Å². The second kappa shape index (κ2) is 10.1. The van der Waals surface area contributed by atoms with Crippen LogP contribution in [0.15, 0.2) is 47.1 Å². The van der Waals surface area contributed by atoms with E-state index in [0.29, 0.717) is 16.9 Å². The molecule has 0 N–H and O–H groups in total. The van der Waals surface area contributed by atoms with E-state index in [4.69, 9.17) is 9.47 Å². The van der Waals surface area contributed by atoms with Gasteiger partial charge in [-0.25, -0.2) is 9.18 Å². The Morgan fingerprint density at radius 3 is 2.10 bits per heavy atom. The Bertz CT molecular complexity index is 965. The van der Waals surface area contributed by atoms with Crippen molar-refractivity contribution in [2.75, 3.05) is 6.26 Å². The molecule has 0 aromatic heterocycles. The van der Waals surface area contributed by atoms with Crippen LogP contribution in [0.25, 0.3) is 6.08 Å². The summed E-state index contributed by atoms with van der Waals surface area (Å²) in [5.74, 6) is -1.43. The molecule has 0 bridgehead atoms. The first-order valence-electron chi connectivity index (χ1n) is 9.98. The molecule has 0 saturated heterocycles. The minimum Gasteiger partial charge on any atom is -0.478 e. The summed E-state index contributed by atoms with van der Waals surface area (Å²) < 4.78 is 25.8. The molecular formula is C25H29FO4S. The standard InChI is InChI=1S/C25H29FO4S/c1-15-12-18(14-21(26)22(27)19-8-10-20(31-7)11-9-19)13-16(2)23(15)29-17(3)24(28)30-25(4,5)6/h8-14,17H,1-7H3/b21-14-/t17-/m0/s1. The van der Waals surface area contributed by atoms with Crippen molar-refractivity contribution in [1.29, 1.82) is 0 Å². The maximum Gasteiger partial charge on any atom is 0.347 e. The van der Waals surface area contributed by atoms with E-state index in [-0.39, 0.29) is 0 Å². The largest absolute Gasteiger partial charge is 0.478 e. The first-order valence-corrected chi connectivity index (χ1v) is 11.2. The van der Waals surface area contributed by atoms with Crippen molar-refractivity contribution >= 4 is 29.6 Å². The fourth-order valence-corrected chi connectivity index (χ4v) is 3.36. The van der Waals surface area contributed by atoms with E-state index >= 15 is 0 Å². The molecule has 0 spiro atoms. The Morgan fingerprint density at radius 2 is 1.61 bits per heavy atom. The summed E-state index contributed by atoms with van der Waals surface area (Å²) >= 11 is 1.55. The highest BCUT2D eigenvalue weighted by Gasteiger charge is 2.24. The summed E-state index contributed by atoms with van der Waals surface area (Å²) in [6.07, 6.45) is 2.36. The smallest absolute Gasteiger partial charge is 0.347 e. The summed E-state index contributed by atoms with van der Waals surface area (Å²) in [5.41, 5.74) is 1.69. The Balaban J connectivity index is 2.20. The Hall–Kier alpha value is -2.60. The molecule has 0 unspecified atom stereocenters. The molecule has 0 fully saturated rings. The molecule has 31 heavy (non-hydrogen) atoms. The fourth-order valence-electron chi connectivity index (χ4n) is 2.95. The third-order valence-corrected chi connectivity index (χ3v) is 5.12. The number of hydrogen-bond acceptors (Lipinski definition) is 5. The van der Waals surface area contributed by atoms with Crippen LogP contribution in [0.2, 0.25) is 0 Å². The van der Waals surface area contributed by atoms with Gasteiger partial charge in [0, 0.05) is 10.5 Å². The molecule has 0 aliphatic heterocycles. The molecule has 2 aromatic carbocycles. The van der Waals surface area contributed by atoms with Gasteiger partial charge in [0.05, 0.1) is 0 Å². The summed E-state index contributed by atoms with van der Waals surface area (Å²) in [7, 11) is 0. The second-order valence-electron chi connectivity index (χ2n) is 8.33. The van der Waals surface area contributed by atoms with Crippen LogP contribution >= 0.6 is 11.8 Å². The first kappa shape index (κ1) is 24.7. The normalized spacial score (nSPS) is 13.0. The molecule has 6 heteroatoms. The molecule has 0 heterocycles. The topological polar surface area (TPSA) is 52.6 Å². The van der Waals surface area contributed by atoms with Crippen molar-refractivity contribution < 1.29 is 23.5 Å². The van der Waals surface area contributed by atoms with E-state index in [1.807, 2.05) is 20.1 Å². The quantitative estimate of drug-likeness (QED) is 0.216. The van der Waals surface area contributed by atoms with Gasteiger partial charge in [-0.3, -0.25) is 4.79 Å². The van der Waals surface area contributed by atoms with Gasteiger partial charge in [0.2, 0.25) is 5.78 Å². The Morgan fingerprint density at radius 1 is 1.06 bits per heavy atom. The van der Waals surface area contributed by atoms with Gasteiger partial charge in [-0.15, -0.1) is 11.8 Å². The predicted molar refractivity (Wildman–Crippen MR) is 123 cm³/mol. The Kier molecular flexibility index (Phi) is 8.07. The molecule has 166 valence electrons. The number of esters is 1. The van der Waals surface area contributed by atoms with E-state index in [2.05, 4.69) is 0 Å². The van der Waals surface area contributed by atoms with Crippen LogP contribution < -0.4 is 4.74 Å². The third-order valence-electron chi connectivity index (χ3n) is 4.38. The molecule has 0 radical (unpaired) electrons. The lowest BCUT2D eigenvalue weighted by molar-refractivity contribution is -0.162. The highest BCUT2D eigenvalue weighted by Crippen LogP contribution is 2.28. The van der Waals surface area contributed by atoms with Gasteiger partial charge in [0.1, 0.15) is 11.4 Å². The summed E-state index contributed by atoms with van der Waals surface area (Å²) in [4.78, 5) is 25.6. The van der Waals surface area contributed by atoms with Crippen molar-refractivity contribution in [2.24, 2.45) is 0 Å². The minimum absolute atomic E-state index is 0.297. The summed E-state index contributed by atoms with van der Waals surface area (Å²) in [6, 6.07) is 10.2. The van der Waals surface area contributed by atoms with Crippen LogP contribution in [0.5, 0.6) is 5.75 Å². The molecule has 0 aliphatic rings. The highest BCUT2D eigenvalue weighted by atomic mass is 32.2. The summed E-state index contributed by atoms with van der Waals surface area (Å²) in [6.45, 7) is 10.6. The van der Waals surface area contributed by atoms with E-state index in [1.54, 1.807) is 75.9 Å². The molecule has 4 nitrogen and oxygen atoms in total. The van der Waals surface area contributed by atoms with Crippen LogP contribution in [-0.4, -0.2) is 29.7 Å². The number of thioether (sulfide) groups is 1. The Labute approximate surface area is 187 Å². The maximum absolute atomic E-state index is 14.6. The molecule has 1 atom stereocenters. The number of Topliss-reactive ketones (excluding diaryl/α,β-unsaturated/α-hetero) is 1. The molecule has 2 rings (SSSR count). The monoisotopic (exact) mass is 444 g/mol. The number of allylic oxidation sites excluding steroid dienone is 1. The number of benzene rings is 2. The number of aryl methyl sites for hydroxylation is 2. The van der Waals surface area contributed by atoms with E-state index in [1.165, 1.54) is 6.08 Å². The molecule has 2 aromatic rings. The van der Waals surface area contributed by atoms with Gasteiger partial charge >= 0.3 is 5.97 Å². The predicted octanol–water partition coefficient (Wildman–Crippen LogP) is 6.33. The van der Waals surface area contributed by atoms with Crippen molar-refractivity contribution in [3.8, 4) is 5.75 Å². The van der Waals surface area contributed by atoms with Crippen molar-refractivity contribution in [3.63, 3.8) is 0 Å². The number of carbonyl (C=O) groups is 2. The zero-order chi connectivity index (χ0) is 23.3. The molecule has 0 amide bonds. The van der Waals surface area contributed by atoms with Gasteiger partial charge in [-0.1, -0.05) is 0 Å². The molecule has 0 aliphatic carbocycles. The third kappa shape index (κ3) is 6.96. The number of rotatable bonds is 7. The zero-order valence-corrected chi connectivity index (χ0v) is 19.9. The van der Waals surface area contributed by atoms with Crippen LogP contribution in [-0.2, 0) is 9.53 Å². The van der Waals surface area contributed by atoms with E-state index in [9.17, 15) is 14.0 Å². The number of halogens is 1. The minimum atomic E-state index is -0.841. The lowest BCUT2D eigenvalue weighted by Gasteiger charge is -2.23. The molecular weight excluding hydrogens is 415 g/mol. The SMILES string of the molecule is CSc1ccc(C(=O)/C(F)=C/c2cc(C)c(O[C@@H](C)C(=O)OC(C)(C)C)c(C)c2)cc1. The number of ether oxygens (including phenoxy) is 2. The lowest BCUT2D eigenvalue weighted by Crippen LogP contribution is -2.33. The van der Waals surface area contributed by atoms with E-state index in [0.717, 1.165) is 16.0 Å². The zero-order valence-electron chi connectivity index (χ0n) is 19.0. The van der Waals surface area contributed by atoms with Crippen molar-refractivity contribution in [1.82, 2.24) is 0 Å². The van der Waals surface area contributed by atoms with Crippen molar-refractivity contribution in [2.45, 2.75) is 58.1 Å². The molecule has 0 saturated carbocycles. The van der Waals surface area contributed by atoms with E-state index < -0.39 is 29.3 Å². The van der Waals surface area contributed by atoms with Gasteiger partial charge in [0.15, 0.2) is 11.9 Å². The van der Waals surface area contributed by atoms with Gasteiger partial charge < -0.3 is 9.47 Å². The average Bonchev–Trinajstić information content (AvgIpc) is 2.68. The van der Waals surface area contributed by atoms with Gasteiger partial charge in [-0.05, 0) is 107 Å². The maximum atomic E-state index is 14.6. The first-order chi connectivity index (χ1) is 14.4. The number of hydrogen-bond donors (Lipinski definition) is 0. The van der Waals surface area contributed by atoms with Crippen LogP contribution in [0.1, 0.15) is 54.7 Å². The average molecular weight is 445 g/mol.